The van der Waals surface area contributed by atoms with Gasteiger partial charge < -0.3 is 5.73 Å². The van der Waals surface area contributed by atoms with Gasteiger partial charge in [0.25, 0.3) is 0 Å². The lowest BCUT2D eigenvalue weighted by Crippen LogP contribution is -2.50. The monoisotopic (exact) mass is 317 g/mol. The predicted octanol–water partition coefficient (Wildman–Crippen LogP) is 0.418. The molecule has 0 spiro atoms. The number of piperazine rings is 1. The van der Waals surface area contributed by atoms with Gasteiger partial charge in [0, 0.05) is 32.7 Å². The Bertz CT molecular complexity index is 598. The van der Waals surface area contributed by atoms with Crippen molar-refractivity contribution in [2.45, 2.75) is 4.90 Å². The molecular weight excluding hydrogens is 301 g/mol. The molecule has 0 unspecified atom stereocenters. The van der Waals surface area contributed by atoms with Gasteiger partial charge in [-0.1, -0.05) is 18.3 Å². The molecule has 2 rings (SSSR count). The van der Waals surface area contributed by atoms with E-state index in [-0.39, 0.29) is 4.90 Å². The van der Waals surface area contributed by atoms with Gasteiger partial charge in [-0.3, -0.25) is 4.90 Å². The largest absolute Gasteiger partial charge is 0.392 e. The Morgan fingerprint density at radius 1 is 1.30 bits per heavy atom. The number of nitrogens with two attached hydrogens (primary N) is 1. The molecule has 1 heterocycles. The Labute approximate surface area is 123 Å². The highest BCUT2D eigenvalue weighted by Gasteiger charge is 2.28. The normalized spacial score (nSPS) is 18.1. The highest BCUT2D eigenvalue weighted by atomic mass is 32.2. The van der Waals surface area contributed by atoms with Crippen LogP contribution in [-0.4, -0.2) is 55.3 Å². The minimum absolute atomic E-state index is 0.0136. The summed E-state index contributed by atoms with van der Waals surface area (Å²) in [7, 11) is -3.63. The molecule has 5 nitrogen and oxygen atoms in total. The molecule has 8 heteroatoms. The molecule has 0 radical (unpaired) electrons. The SMILES string of the molecule is NC(=S)CN1CCN(S(=O)(=O)c2cccc(F)c2)CC1. The second kappa shape index (κ2) is 6.13. The lowest BCUT2D eigenvalue weighted by molar-refractivity contribution is 0.209. The second-order valence-corrected chi connectivity index (χ2v) is 7.07. The van der Waals surface area contributed by atoms with Crippen LogP contribution in [0.3, 0.4) is 0 Å². The summed E-state index contributed by atoms with van der Waals surface area (Å²) in [4.78, 5) is 2.38. The molecule has 0 aliphatic carbocycles. The van der Waals surface area contributed by atoms with Crippen molar-refractivity contribution in [3.8, 4) is 0 Å². The fourth-order valence-electron chi connectivity index (χ4n) is 2.12. The molecule has 2 N–H and O–H groups in total. The van der Waals surface area contributed by atoms with E-state index in [4.69, 9.17) is 18.0 Å². The van der Waals surface area contributed by atoms with Gasteiger partial charge in [0.05, 0.1) is 9.88 Å². The summed E-state index contributed by atoms with van der Waals surface area (Å²) < 4.78 is 39.2. The first-order valence-electron chi connectivity index (χ1n) is 6.16. The van der Waals surface area contributed by atoms with Crippen molar-refractivity contribution in [1.29, 1.82) is 0 Å². The summed E-state index contributed by atoms with van der Waals surface area (Å²) >= 11 is 4.83. The summed E-state index contributed by atoms with van der Waals surface area (Å²) in [5.41, 5.74) is 5.47. The summed E-state index contributed by atoms with van der Waals surface area (Å²) in [6.45, 7) is 2.31. The maximum absolute atomic E-state index is 13.2. The molecule has 1 aromatic carbocycles. The standard InChI is InChI=1S/C12H16FN3O2S2/c13-10-2-1-3-11(8-10)20(17,18)16-6-4-15(5-7-16)9-12(14)19/h1-3,8H,4-7,9H2,(H2,14,19). The number of thiocarbonyl (C=S) groups is 1. The van der Waals surface area contributed by atoms with Crippen LogP contribution < -0.4 is 5.73 Å². The van der Waals surface area contributed by atoms with Crippen molar-refractivity contribution >= 4 is 27.2 Å². The number of nitrogens with zero attached hydrogens (tertiary/aromatic N) is 2. The van der Waals surface area contributed by atoms with Gasteiger partial charge in [-0.05, 0) is 18.2 Å². The van der Waals surface area contributed by atoms with E-state index in [2.05, 4.69) is 0 Å². The average molecular weight is 317 g/mol. The molecule has 1 aromatic rings. The molecule has 0 aromatic heterocycles. The number of hydrogen-bond donors (Lipinski definition) is 1. The van der Waals surface area contributed by atoms with Crippen LogP contribution >= 0.6 is 12.2 Å². The zero-order valence-corrected chi connectivity index (χ0v) is 12.5. The predicted molar refractivity (Wildman–Crippen MR) is 78.4 cm³/mol. The third kappa shape index (κ3) is 3.51. The summed E-state index contributed by atoms with van der Waals surface area (Å²) in [6, 6.07) is 5.06. The molecule has 1 aliphatic heterocycles. The van der Waals surface area contributed by atoms with Gasteiger partial charge in [0.15, 0.2) is 0 Å². The maximum atomic E-state index is 13.2. The van der Waals surface area contributed by atoms with Crippen LogP contribution in [0.4, 0.5) is 4.39 Å². The minimum Gasteiger partial charge on any atom is -0.392 e. The van der Waals surface area contributed by atoms with Crippen molar-refractivity contribution in [1.82, 2.24) is 9.21 Å². The number of benzene rings is 1. The highest BCUT2D eigenvalue weighted by molar-refractivity contribution is 7.89. The summed E-state index contributed by atoms with van der Waals surface area (Å²) in [5, 5.41) is 0. The Balaban J connectivity index is 2.08. The molecule has 110 valence electrons. The van der Waals surface area contributed by atoms with Crippen LogP contribution in [0.25, 0.3) is 0 Å². The van der Waals surface area contributed by atoms with Crippen LogP contribution in [0.15, 0.2) is 29.2 Å². The Morgan fingerprint density at radius 3 is 2.50 bits per heavy atom. The van der Waals surface area contributed by atoms with Crippen LogP contribution in [-0.2, 0) is 10.0 Å². The highest BCUT2D eigenvalue weighted by Crippen LogP contribution is 2.18. The zero-order chi connectivity index (χ0) is 14.8. The molecule has 1 fully saturated rings. The van der Waals surface area contributed by atoms with Crippen LogP contribution in [0, 0.1) is 5.82 Å². The molecule has 0 amide bonds. The number of sulfonamides is 1. The van der Waals surface area contributed by atoms with Gasteiger partial charge in [-0.2, -0.15) is 4.31 Å². The van der Waals surface area contributed by atoms with Crippen molar-refractivity contribution in [2.75, 3.05) is 32.7 Å². The van der Waals surface area contributed by atoms with Crippen LogP contribution in [0.5, 0.6) is 0 Å². The third-order valence-electron chi connectivity index (χ3n) is 3.14. The molecule has 0 saturated carbocycles. The van der Waals surface area contributed by atoms with E-state index < -0.39 is 15.8 Å². The first kappa shape index (κ1) is 15.3. The van der Waals surface area contributed by atoms with E-state index in [0.717, 1.165) is 6.07 Å². The molecule has 0 bridgehead atoms. The average Bonchev–Trinajstić information content (AvgIpc) is 2.38. The molecule has 1 aliphatic rings. The molecule has 0 atom stereocenters. The number of rotatable bonds is 4. The Kier molecular flexibility index (Phi) is 4.69. The topological polar surface area (TPSA) is 66.6 Å². The van der Waals surface area contributed by atoms with Crippen LogP contribution in [0.2, 0.25) is 0 Å². The summed E-state index contributed by atoms with van der Waals surface area (Å²) in [6.07, 6.45) is 0. The Morgan fingerprint density at radius 2 is 1.95 bits per heavy atom. The van der Waals surface area contributed by atoms with Gasteiger partial charge in [0.1, 0.15) is 5.82 Å². The first-order chi connectivity index (χ1) is 9.39. The number of halogens is 1. The third-order valence-corrected chi connectivity index (χ3v) is 5.17. The van der Waals surface area contributed by atoms with E-state index in [1.54, 1.807) is 0 Å². The molecule has 20 heavy (non-hydrogen) atoms. The van der Waals surface area contributed by atoms with Crippen LogP contribution in [0.1, 0.15) is 0 Å². The van der Waals surface area contributed by atoms with Crippen molar-refractivity contribution in [2.24, 2.45) is 5.73 Å². The van der Waals surface area contributed by atoms with Crippen molar-refractivity contribution in [3.05, 3.63) is 30.1 Å². The quantitative estimate of drug-likeness (QED) is 0.815. The number of hydrogen-bond acceptors (Lipinski definition) is 4. The van der Waals surface area contributed by atoms with E-state index >= 15 is 0 Å². The molecule has 1 saturated heterocycles. The Hall–Kier alpha value is -1.09. The van der Waals surface area contributed by atoms with Gasteiger partial charge in [-0.25, -0.2) is 12.8 Å². The van der Waals surface area contributed by atoms with Gasteiger partial charge >= 0.3 is 0 Å². The van der Waals surface area contributed by atoms with E-state index in [0.29, 0.717) is 37.7 Å². The van der Waals surface area contributed by atoms with Crippen molar-refractivity contribution in [3.63, 3.8) is 0 Å². The summed E-state index contributed by atoms with van der Waals surface area (Å²) in [5.74, 6) is -0.557. The van der Waals surface area contributed by atoms with Gasteiger partial charge in [0.2, 0.25) is 10.0 Å². The molecular formula is C12H16FN3O2S2. The first-order valence-corrected chi connectivity index (χ1v) is 8.01. The maximum Gasteiger partial charge on any atom is 0.243 e. The fourth-order valence-corrected chi connectivity index (χ4v) is 3.76. The van der Waals surface area contributed by atoms with E-state index in [1.165, 1.54) is 22.5 Å². The van der Waals surface area contributed by atoms with E-state index in [9.17, 15) is 12.8 Å². The second-order valence-electron chi connectivity index (χ2n) is 4.60. The van der Waals surface area contributed by atoms with Gasteiger partial charge in [-0.15, -0.1) is 0 Å². The zero-order valence-electron chi connectivity index (χ0n) is 10.8. The van der Waals surface area contributed by atoms with Crippen molar-refractivity contribution < 1.29 is 12.8 Å². The minimum atomic E-state index is -3.63. The fraction of sp³-hybridized carbons (Fsp3) is 0.417. The van der Waals surface area contributed by atoms with E-state index in [1.807, 2.05) is 4.90 Å². The smallest absolute Gasteiger partial charge is 0.243 e. The lowest BCUT2D eigenvalue weighted by atomic mass is 10.3. The lowest BCUT2D eigenvalue weighted by Gasteiger charge is -2.33.